The Morgan fingerprint density at radius 2 is 1.68 bits per heavy atom. The molecular formula is C25H34N2O4. The Hall–Kier alpha value is -3.02. The number of rotatable bonds is 12. The zero-order chi connectivity index (χ0) is 22.6. The van der Waals surface area contributed by atoms with Gasteiger partial charge in [-0.15, -0.1) is 0 Å². The topological polar surface area (TPSA) is 67.9 Å². The van der Waals surface area contributed by atoms with Crippen LogP contribution in [0.15, 0.2) is 48.5 Å². The van der Waals surface area contributed by atoms with Gasteiger partial charge in [-0.25, -0.2) is 0 Å². The van der Waals surface area contributed by atoms with Crippen LogP contribution in [0, 0.1) is 0 Å². The molecule has 0 aliphatic rings. The lowest BCUT2D eigenvalue weighted by atomic mass is 10.1. The van der Waals surface area contributed by atoms with Crippen molar-refractivity contribution in [3.63, 3.8) is 0 Å². The molecule has 2 aromatic carbocycles. The predicted molar refractivity (Wildman–Crippen MR) is 122 cm³/mol. The highest BCUT2D eigenvalue weighted by atomic mass is 16.5. The molecule has 0 fully saturated rings. The summed E-state index contributed by atoms with van der Waals surface area (Å²) in [6, 6.07) is 14.6. The van der Waals surface area contributed by atoms with E-state index in [1.165, 1.54) is 0 Å². The average Bonchev–Trinajstić information content (AvgIpc) is 2.80. The Balaban J connectivity index is 2.16. The van der Waals surface area contributed by atoms with E-state index in [1.807, 2.05) is 36.4 Å². The second kappa shape index (κ2) is 12.6. The van der Waals surface area contributed by atoms with Gasteiger partial charge in [0.1, 0.15) is 6.04 Å². The molecule has 2 amide bonds. The Morgan fingerprint density at radius 1 is 0.968 bits per heavy atom. The summed E-state index contributed by atoms with van der Waals surface area (Å²) < 4.78 is 10.6. The number of carbonyl (C=O) groups excluding carboxylic acids is 2. The van der Waals surface area contributed by atoms with Crippen LogP contribution in [-0.2, 0) is 22.6 Å². The van der Waals surface area contributed by atoms with Gasteiger partial charge in [0.2, 0.25) is 11.8 Å². The highest BCUT2D eigenvalue weighted by molar-refractivity contribution is 5.88. The summed E-state index contributed by atoms with van der Waals surface area (Å²) in [6.45, 7) is 4.90. The van der Waals surface area contributed by atoms with E-state index in [-0.39, 0.29) is 18.2 Å². The monoisotopic (exact) mass is 426 g/mol. The minimum absolute atomic E-state index is 0.118. The molecule has 0 heterocycles. The smallest absolute Gasteiger partial charge is 0.242 e. The fraction of sp³-hybridized carbons (Fsp3) is 0.440. The van der Waals surface area contributed by atoms with Gasteiger partial charge in [0.25, 0.3) is 0 Å². The van der Waals surface area contributed by atoms with Crippen LogP contribution < -0.4 is 14.8 Å². The van der Waals surface area contributed by atoms with Crippen molar-refractivity contribution in [1.82, 2.24) is 10.2 Å². The van der Waals surface area contributed by atoms with Gasteiger partial charge in [0.05, 0.1) is 20.6 Å². The molecule has 0 saturated carbocycles. The summed E-state index contributed by atoms with van der Waals surface area (Å²) in [6.07, 6.45) is 3.27. The van der Waals surface area contributed by atoms with Crippen molar-refractivity contribution in [2.75, 3.05) is 20.8 Å². The van der Waals surface area contributed by atoms with Gasteiger partial charge < -0.3 is 19.7 Å². The van der Waals surface area contributed by atoms with Crippen LogP contribution in [0.2, 0.25) is 0 Å². The zero-order valence-electron chi connectivity index (χ0n) is 19.0. The van der Waals surface area contributed by atoms with Gasteiger partial charge in [0, 0.05) is 13.1 Å². The number of carbonyl (C=O) groups is 2. The number of methoxy groups -OCH3 is 2. The Kier molecular flexibility index (Phi) is 9.88. The first-order valence-electron chi connectivity index (χ1n) is 10.8. The van der Waals surface area contributed by atoms with Gasteiger partial charge in [-0.1, -0.05) is 56.2 Å². The average molecular weight is 427 g/mol. The molecule has 0 saturated heterocycles. The number of unbranched alkanes of at least 4 members (excludes halogenated alkanes) is 2. The molecule has 1 atom stereocenters. The standard InChI is InChI=1S/C25H34N2O4/c1-5-6-10-15-26-25(29)19(2)27(18-20-11-8-7-9-12-20)24(28)17-21-13-14-22(30-3)23(16-21)31-4/h7-9,11-14,16,19H,5-6,10,15,17-18H2,1-4H3,(H,26,29)/t19-/m1/s1. The Labute approximate surface area is 185 Å². The third-order valence-corrected chi connectivity index (χ3v) is 5.25. The van der Waals surface area contributed by atoms with E-state index in [0.717, 1.165) is 30.4 Å². The van der Waals surface area contributed by atoms with Crippen molar-refractivity contribution in [1.29, 1.82) is 0 Å². The lowest BCUT2D eigenvalue weighted by Crippen LogP contribution is -2.48. The van der Waals surface area contributed by atoms with Crippen molar-refractivity contribution < 1.29 is 19.1 Å². The lowest BCUT2D eigenvalue weighted by Gasteiger charge is -2.29. The third-order valence-electron chi connectivity index (χ3n) is 5.25. The molecule has 0 aliphatic carbocycles. The van der Waals surface area contributed by atoms with Crippen LogP contribution in [0.1, 0.15) is 44.2 Å². The van der Waals surface area contributed by atoms with E-state index in [0.29, 0.717) is 24.6 Å². The molecule has 168 valence electrons. The van der Waals surface area contributed by atoms with Crippen LogP contribution in [0.25, 0.3) is 0 Å². The maximum absolute atomic E-state index is 13.3. The van der Waals surface area contributed by atoms with Crippen LogP contribution >= 0.6 is 0 Å². The molecule has 0 unspecified atom stereocenters. The van der Waals surface area contributed by atoms with Gasteiger partial charge in [-0.2, -0.15) is 0 Å². The molecule has 6 heteroatoms. The Morgan fingerprint density at radius 3 is 2.32 bits per heavy atom. The number of hydrogen-bond acceptors (Lipinski definition) is 4. The minimum Gasteiger partial charge on any atom is -0.493 e. The number of benzene rings is 2. The normalized spacial score (nSPS) is 11.5. The van der Waals surface area contributed by atoms with Gasteiger partial charge in [0.15, 0.2) is 11.5 Å². The highest BCUT2D eigenvalue weighted by Crippen LogP contribution is 2.28. The number of hydrogen-bond donors (Lipinski definition) is 1. The van der Waals surface area contributed by atoms with Crippen LogP contribution in [0.4, 0.5) is 0 Å². The molecule has 0 aromatic heterocycles. The largest absolute Gasteiger partial charge is 0.493 e. The van der Waals surface area contributed by atoms with E-state index in [1.54, 1.807) is 38.2 Å². The fourth-order valence-electron chi connectivity index (χ4n) is 3.36. The maximum Gasteiger partial charge on any atom is 0.242 e. The maximum atomic E-state index is 13.3. The molecular weight excluding hydrogens is 392 g/mol. The summed E-state index contributed by atoms with van der Waals surface area (Å²) in [5, 5.41) is 2.97. The van der Waals surface area contributed by atoms with Crippen LogP contribution in [0.3, 0.4) is 0 Å². The second-order valence-electron chi connectivity index (χ2n) is 7.55. The predicted octanol–water partition coefficient (Wildman–Crippen LogP) is 3.97. The quantitative estimate of drug-likeness (QED) is 0.522. The van der Waals surface area contributed by atoms with Crippen molar-refractivity contribution in [3.05, 3.63) is 59.7 Å². The number of nitrogens with zero attached hydrogens (tertiary/aromatic N) is 1. The zero-order valence-corrected chi connectivity index (χ0v) is 19.0. The van der Waals surface area contributed by atoms with Crippen molar-refractivity contribution in [2.24, 2.45) is 0 Å². The highest BCUT2D eigenvalue weighted by Gasteiger charge is 2.26. The third kappa shape index (κ3) is 7.31. The van der Waals surface area contributed by atoms with Crippen molar-refractivity contribution in [3.8, 4) is 11.5 Å². The first-order chi connectivity index (χ1) is 15.0. The second-order valence-corrected chi connectivity index (χ2v) is 7.55. The summed E-state index contributed by atoms with van der Waals surface area (Å²) in [7, 11) is 3.14. The van der Waals surface area contributed by atoms with Gasteiger partial charge in [-0.05, 0) is 36.6 Å². The van der Waals surface area contributed by atoms with E-state index < -0.39 is 6.04 Å². The van der Waals surface area contributed by atoms with Gasteiger partial charge in [-0.3, -0.25) is 9.59 Å². The number of nitrogens with one attached hydrogen (secondary N) is 1. The van der Waals surface area contributed by atoms with E-state index in [2.05, 4.69) is 12.2 Å². The molecule has 6 nitrogen and oxygen atoms in total. The van der Waals surface area contributed by atoms with E-state index >= 15 is 0 Å². The molecule has 0 radical (unpaired) electrons. The summed E-state index contributed by atoms with van der Waals surface area (Å²) in [4.78, 5) is 27.6. The number of ether oxygens (including phenoxy) is 2. The first-order valence-corrected chi connectivity index (χ1v) is 10.8. The molecule has 0 bridgehead atoms. The summed E-state index contributed by atoms with van der Waals surface area (Å²) >= 11 is 0. The molecule has 2 aromatic rings. The van der Waals surface area contributed by atoms with E-state index in [4.69, 9.17) is 9.47 Å². The fourth-order valence-corrected chi connectivity index (χ4v) is 3.36. The van der Waals surface area contributed by atoms with Crippen LogP contribution in [0.5, 0.6) is 11.5 Å². The molecule has 31 heavy (non-hydrogen) atoms. The van der Waals surface area contributed by atoms with Crippen molar-refractivity contribution >= 4 is 11.8 Å². The molecule has 0 aliphatic heterocycles. The molecule has 1 N–H and O–H groups in total. The van der Waals surface area contributed by atoms with Crippen molar-refractivity contribution in [2.45, 2.75) is 52.1 Å². The summed E-state index contributed by atoms with van der Waals surface area (Å²) in [5.41, 5.74) is 1.78. The van der Waals surface area contributed by atoms with Gasteiger partial charge >= 0.3 is 0 Å². The molecule has 0 spiro atoms. The SMILES string of the molecule is CCCCCNC(=O)[C@@H](C)N(Cc1ccccc1)C(=O)Cc1ccc(OC)c(OC)c1. The Bertz CT molecular complexity index is 839. The lowest BCUT2D eigenvalue weighted by molar-refractivity contribution is -0.140. The molecule has 2 rings (SSSR count). The number of amides is 2. The first kappa shape index (κ1) is 24.3. The van der Waals surface area contributed by atoms with Crippen LogP contribution in [-0.4, -0.2) is 43.5 Å². The summed E-state index contributed by atoms with van der Waals surface area (Å²) in [5.74, 6) is 0.934. The minimum atomic E-state index is -0.575. The van der Waals surface area contributed by atoms with E-state index in [9.17, 15) is 9.59 Å².